The molecule has 0 saturated heterocycles. The molecule has 0 spiro atoms. The number of benzene rings is 1. The molecule has 0 N–H and O–H groups in total. The van der Waals surface area contributed by atoms with E-state index in [1.807, 2.05) is 13.8 Å². The molecule has 1 aromatic carbocycles. The molecular formula is C14H17FO2. The van der Waals surface area contributed by atoms with E-state index >= 15 is 0 Å². The van der Waals surface area contributed by atoms with Crippen molar-refractivity contribution in [3.05, 3.63) is 35.1 Å². The lowest BCUT2D eigenvalue weighted by molar-refractivity contribution is -0.117. The molecule has 0 aliphatic carbocycles. The summed E-state index contributed by atoms with van der Waals surface area (Å²) < 4.78 is 23.6. The Labute approximate surface area is 102 Å². The first kappa shape index (κ1) is 13.7. The van der Waals surface area contributed by atoms with Gasteiger partial charge in [0.1, 0.15) is 12.4 Å². The molecule has 1 unspecified atom stereocenters. The van der Waals surface area contributed by atoms with Gasteiger partial charge in [0.05, 0.1) is 0 Å². The van der Waals surface area contributed by atoms with Gasteiger partial charge in [-0.3, -0.25) is 0 Å². The molecular weight excluding hydrogens is 219 g/mol. The maximum absolute atomic E-state index is 13.2. The van der Waals surface area contributed by atoms with Crippen LogP contribution in [-0.2, 0) is 9.47 Å². The van der Waals surface area contributed by atoms with Crippen molar-refractivity contribution in [2.45, 2.75) is 27.1 Å². The number of ether oxygens (including phenoxy) is 2. The summed E-state index contributed by atoms with van der Waals surface area (Å²) in [4.78, 5) is 0. The molecule has 1 atom stereocenters. The van der Waals surface area contributed by atoms with Crippen LogP contribution in [0.2, 0.25) is 0 Å². The van der Waals surface area contributed by atoms with Crippen LogP contribution in [0, 0.1) is 24.6 Å². The Morgan fingerprint density at radius 1 is 1.35 bits per heavy atom. The number of rotatable bonds is 4. The van der Waals surface area contributed by atoms with Crippen molar-refractivity contribution in [3.8, 4) is 11.8 Å². The average Bonchev–Trinajstić information content (AvgIpc) is 2.29. The van der Waals surface area contributed by atoms with Crippen molar-refractivity contribution in [1.82, 2.24) is 0 Å². The van der Waals surface area contributed by atoms with E-state index in [1.165, 1.54) is 6.07 Å². The van der Waals surface area contributed by atoms with Crippen molar-refractivity contribution in [1.29, 1.82) is 0 Å². The van der Waals surface area contributed by atoms with E-state index in [4.69, 9.17) is 9.47 Å². The fourth-order valence-electron chi connectivity index (χ4n) is 1.25. The lowest BCUT2D eigenvalue weighted by atomic mass is 10.1. The van der Waals surface area contributed by atoms with Gasteiger partial charge in [-0.1, -0.05) is 17.9 Å². The minimum atomic E-state index is -0.260. The van der Waals surface area contributed by atoms with Crippen LogP contribution >= 0.6 is 0 Å². The Morgan fingerprint density at radius 2 is 2.12 bits per heavy atom. The highest BCUT2D eigenvalue weighted by Gasteiger charge is 1.98. The second-order valence-electron chi connectivity index (χ2n) is 3.60. The molecule has 0 amide bonds. The Morgan fingerprint density at radius 3 is 2.76 bits per heavy atom. The van der Waals surface area contributed by atoms with Crippen LogP contribution in [0.25, 0.3) is 0 Å². The van der Waals surface area contributed by atoms with Gasteiger partial charge in [0.25, 0.3) is 0 Å². The average molecular weight is 236 g/mol. The fourth-order valence-corrected chi connectivity index (χ4v) is 1.25. The number of hydrogen-bond donors (Lipinski definition) is 0. The molecule has 0 saturated carbocycles. The van der Waals surface area contributed by atoms with Crippen molar-refractivity contribution in [2.24, 2.45) is 0 Å². The molecule has 17 heavy (non-hydrogen) atoms. The first-order valence-electron chi connectivity index (χ1n) is 5.61. The summed E-state index contributed by atoms with van der Waals surface area (Å²) in [5.74, 6) is 5.42. The van der Waals surface area contributed by atoms with Crippen LogP contribution in [0.3, 0.4) is 0 Å². The zero-order valence-corrected chi connectivity index (χ0v) is 10.4. The molecule has 0 aliphatic heterocycles. The van der Waals surface area contributed by atoms with Crippen LogP contribution in [0.5, 0.6) is 0 Å². The number of aryl methyl sites for hydroxylation is 1. The molecule has 0 aromatic heterocycles. The van der Waals surface area contributed by atoms with E-state index in [0.29, 0.717) is 17.7 Å². The molecule has 1 aromatic rings. The molecule has 0 bridgehead atoms. The van der Waals surface area contributed by atoms with Crippen molar-refractivity contribution in [2.75, 3.05) is 13.2 Å². The predicted octanol–water partition coefficient (Wildman–Crippen LogP) is 2.88. The summed E-state index contributed by atoms with van der Waals surface area (Å²) in [6.07, 6.45) is -0.260. The molecule has 0 heterocycles. The van der Waals surface area contributed by atoms with Crippen LogP contribution in [0.1, 0.15) is 25.0 Å². The topological polar surface area (TPSA) is 18.5 Å². The summed E-state index contributed by atoms with van der Waals surface area (Å²) >= 11 is 0. The smallest absolute Gasteiger partial charge is 0.156 e. The van der Waals surface area contributed by atoms with Gasteiger partial charge in [0.2, 0.25) is 0 Å². The molecule has 2 nitrogen and oxygen atoms in total. The third-order valence-electron chi connectivity index (χ3n) is 2.20. The molecule has 0 aliphatic rings. The van der Waals surface area contributed by atoms with Gasteiger partial charge in [-0.15, -0.1) is 0 Å². The monoisotopic (exact) mass is 236 g/mol. The Kier molecular flexibility index (Phi) is 5.68. The molecule has 0 radical (unpaired) electrons. The standard InChI is InChI=1S/C14H17FO2/c1-4-16-12(3)17-9-5-6-13-8-7-11(2)14(15)10-13/h7-8,10,12H,4,9H2,1-3H3. The Hall–Kier alpha value is -1.37. The first-order valence-corrected chi connectivity index (χ1v) is 5.61. The zero-order valence-electron chi connectivity index (χ0n) is 10.4. The van der Waals surface area contributed by atoms with Gasteiger partial charge in [-0.25, -0.2) is 4.39 Å². The zero-order chi connectivity index (χ0) is 12.7. The third kappa shape index (κ3) is 4.99. The Balaban J connectivity index is 2.46. The minimum absolute atomic E-state index is 0.236. The van der Waals surface area contributed by atoms with Gasteiger partial charge in [0, 0.05) is 12.2 Å². The summed E-state index contributed by atoms with van der Waals surface area (Å²) in [6, 6.07) is 4.93. The number of halogens is 1. The fraction of sp³-hybridized carbons (Fsp3) is 0.429. The van der Waals surface area contributed by atoms with E-state index in [1.54, 1.807) is 19.1 Å². The lowest BCUT2D eigenvalue weighted by Crippen LogP contribution is -2.12. The molecule has 0 fully saturated rings. The number of hydrogen-bond acceptors (Lipinski definition) is 2. The molecule has 1 rings (SSSR count). The maximum Gasteiger partial charge on any atom is 0.156 e. The van der Waals surface area contributed by atoms with E-state index in [-0.39, 0.29) is 18.7 Å². The Bertz CT molecular complexity index is 418. The minimum Gasteiger partial charge on any atom is -0.353 e. The van der Waals surface area contributed by atoms with Gasteiger partial charge < -0.3 is 9.47 Å². The van der Waals surface area contributed by atoms with Gasteiger partial charge in [0.15, 0.2) is 6.29 Å². The lowest BCUT2D eigenvalue weighted by Gasteiger charge is -2.09. The highest BCUT2D eigenvalue weighted by atomic mass is 19.1. The van der Waals surface area contributed by atoms with E-state index in [0.717, 1.165) is 0 Å². The SMILES string of the molecule is CCOC(C)OCC#Cc1ccc(C)c(F)c1. The van der Waals surface area contributed by atoms with Gasteiger partial charge >= 0.3 is 0 Å². The van der Waals surface area contributed by atoms with E-state index in [2.05, 4.69) is 11.8 Å². The van der Waals surface area contributed by atoms with E-state index < -0.39 is 0 Å². The van der Waals surface area contributed by atoms with E-state index in [9.17, 15) is 4.39 Å². The van der Waals surface area contributed by atoms with Crippen molar-refractivity contribution < 1.29 is 13.9 Å². The summed E-state index contributed by atoms with van der Waals surface area (Å²) in [6.45, 7) is 6.32. The molecule has 3 heteroatoms. The normalized spacial score (nSPS) is 11.8. The summed E-state index contributed by atoms with van der Waals surface area (Å²) in [7, 11) is 0. The highest BCUT2D eigenvalue weighted by Crippen LogP contribution is 2.07. The quantitative estimate of drug-likeness (QED) is 0.591. The molecule has 92 valence electrons. The highest BCUT2D eigenvalue weighted by molar-refractivity contribution is 5.36. The summed E-state index contributed by atoms with van der Waals surface area (Å²) in [5.41, 5.74) is 1.28. The van der Waals surface area contributed by atoms with Crippen molar-refractivity contribution in [3.63, 3.8) is 0 Å². The summed E-state index contributed by atoms with van der Waals surface area (Å²) in [5, 5.41) is 0. The largest absolute Gasteiger partial charge is 0.353 e. The van der Waals surface area contributed by atoms with Crippen LogP contribution in [0.4, 0.5) is 4.39 Å². The second kappa shape index (κ2) is 7.05. The van der Waals surface area contributed by atoms with Gasteiger partial charge in [-0.2, -0.15) is 0 Å². The van der Waals surface area contributed by atoms with Crippen LogP contribution in [0.15, 0.2) is 18.2 Å². The predicted molar refractivity (Wildman–Crippen MR) is 65.1 cm³/mol. The van der Waals surface area contributed by atoms with Crippen LogP contribution in [-0.4, -0.2) is 19.5 Å². The van der Waals surface area contributed by atoms with Crippen LogP contribution < -0.4 is 0 Å². The second-order valence-corrected chi connectivity index (χ2v) is 3.60. The first-order chi connectivity index (χ1) is 8.13. The van der Waals surface area contributed by atoms with Gasteiger partial charge in [-0.05, 0) is 38.5 Å². The third-order valence-corrected chi connectivity index (χ3v) is 2.20. The van der Waals surface area contributed by atoms with Crippen molar-refractivity contribution >= 4 is 0 Å². The maximum atomic E-state index is 13.2.